The van der Waals surface area contributed by atoms with Crippen LogP contribution in [0.3, 0.4) is 0 Å². The van der Waals surface area contributed by atoms with Crippen LogP contribution in [0, 0.1) is 5.92 Å². The van der Waals surface area contributed by atoms with Crippen LogP contribution >= 0.6 is 0 Å². The molecule has 2 saturated heterocycles. The fourth-order valence-electron chi connectivity index (χ4n) is 3.46. The Morgan fingerprint density at radius 1 is 1.32 bits per heavy atom. The van der Waals surface area contributed by atoms with Crippen LogP contribution in [0.2, 0.25) is 0 Å². The van der Waals surface area contributed by atoms with Crippen molar-refractivity contribution in [2.24, 2.45) is 5.92 Å². The maximum atomic E-state index is 12.3. The highest BCUT2D eigenvalue weighted by molar-refractivity contribution is 5.94. The smallest absolute Gasteiger partial charge is 0.251 e. The number of carbonyl (C=O) groups excluding carboxylic acids is 1. The second-order valence-electron chi connectivity index (χ2n) is 7.15. The van der Waals surface area contributed by atoms with Gasteiger partial charge in [-0.15, -0.1) is 0 Å². The van der Waals surface area contributed by atoms with Gasteiger partial charge in [0.1, 0.15) is 11.9 Å². The Labute approximate surface area is 149 Å². The van der Waals surface area contributed by atoms with Crippen molar-refractivity contribution in [3.8, 4) is 5.75 Å². The minimum atomic E-state index is -0.679. The summed E-state index contributed by atoms with van der Waals surface area (Å²) in [6.07, 6.45) is 1.47. The molecule has 0 bridgehead atoms. The first kappa shape index (κ1) is 18.2. The first-order valence-corrected chi connectivity index (χ1v) is 9.03. The summed E-state index contributed by atoms with van der Waals surface area (Å²) in [5, 5.41) is 13.4. The summed E-state index contributed by atoms with van der Waals surface area (Å²) in [6, 6.07) is 6.54. The van der Waals surface area contributed by atoms with Gasteiger partial charge in [-0.05, 0) is 56.1 Å². The third-order valence-electron chi connectivity index (χ3n) is 5.27. The monoisotopic (exact) mass is 348 g/mol. The molecule has 25 heavy (non-hydrogen) atoms. The molecular weight excluding hydrogens is 320 g/mol. The Morgan fingerprint density at radius 3 is 2.64 bits per heavy atom. The molecule has 1 amide bonds. The molecule has 0 unspecified atom stereocenters. The van der Waals surface area contributed by atoms with Crippen molar-refractivity contribution in [3.63, 3.8) is 0 Å². The van der Waals surface area contributed by atoms with E-state index in [9.17, 15) is 9.90 Å². The number of ether oxygens (including phenoxy) is 2. The third kappa shape index (κ3) is 4.51. The average molecular weight is 348 g/mol. The van der Waals surface area contributed by atoms with Crippen molar-refractivity contribution < 1.29 is 19.4 Å². The summed E-state index contributed by atoms with van der Waals surface area (Å²) in [6.45, 7) is 5.46. The van der Waals surface area contributed by atoms with Gasteiger partial charge in [0.05, 0.1) is 25.9 Å². The van der Waals surface area contributed by atoms with E-state index in [1.807, 2.05) is 0 Å². The summed E-state index contributed by atoms with van der Waals surface area (Å²) in [4.78, 5) is 14.7. The Bertz CT molecular complexity index is 569. The first-order chi connectivity index (χ1) is 12.1. The molecule has 0 saturated carbocycles. The minimum Gasteiger partial charge on any atom is -0.497 e. The van der Waals surface area contributed by atoms with Gasteiger partial charge < -0.3 is 24.8 Å². The van der Waals surface area contributed by atoms with Gasteiger partial charge in [-0.25, -0.2) is 0 Å². The van der Waals surface area contributed by atoms with Crippen LogP contribution < -0.4 is 10.1 Å². The summed E-state index contributed by atoms with van der Waals surface area (Å²) >= 11 is 0. The lowest BCUT2D eigenvalue weighted by Gasteiger charge is -2.32. The SMILES string of the molecule is COc1ccc(C(=O)N[C@H]2CO[C@@H](CN3CCC(C)CC3)[C@@H]2O)cc1. The van der Waals surface area contributed by atoms with Gasteiger partial charge in [0.15, 0.2) is 0 Å². The zero-order valence-electron chi connectivity index (χ0n) is 15.0. The molecule has 3 atom stereocenters. The molecule has 2 aliphatic rings. The summed E-state index contributed by atoms with van der Waals surface area (Å²) < 4.78 is 10.9. The Hall–Kier alpha value is -1.63. The third-order valence-corrected chi connectivity index (χ3v) is 5.27. The van der Waals surface area contributed by atoms with Gasteiger partial charge in [0.25, 0.3) is 5.91 Å². The van der Waals surface area contributed by atoms with Crippen molar-refractivity contribution in [2.75, 3.05) is 33.4 Å². The molecule has 6 heteroatoms. The normalized spacial score (nSPS) is 28.0. The molecule has 0 radical (unpaired) electrons. The van der Waals surface area contributed by atoms with Crippen molar-refractivity contribution in [3.05, 3.63) is 29.8 Å². The highest BCUT2D eigenvalue weighted by Crippen LogP contribution is 2.21. The quantitative estimate of drug-likeness (QED) is 0.839. The number of piperidine rings is 1. The summed E-state index contributed by atoms with van der Waals surface area (Å²) in [5.41, 5.74) is 0.543. The lowest BCUT2D eigenvalue weighted by Crippen LogP contribution is -2.47. The number of nitrogens with one attached hydrogen (secondary N) is 1. The maximum Gasteiger partial charge on any atom is 0.251 e. The van der Waals surface area contributed by atoms with E-state index in [-0.39, 0.29) is 18.1 Å². The predicted octanol–water partition coefficient (Wildman–Crippen LogP) is 1.29. The van der Waals surface area contributed by atoms with Crippen LogP contribution in [0.25, 0.3) is 0 Å². The van der Waals surface area contributed by atoms with E-state index in [0.29, 0.717) is 17.9 Å². The van der Waals surface area contributed by atoms with E-state index in [2.05, 4.69) is 17.1 Å². The topological polar surface area (TPSA) is 71.0 Å². The second kappa shape index (κ2) is 8.17. The van der Waals surface area contributed by atoms with Crippen LogP contribution in [0.5, 0.6) is 5.75 Å². The molecule has 0 aromatic heterocycles. The zero-order valence-corrected chi connectivity index (χ0v) is 15.0. The number of hydrogen-bond donors (Lipinski definition) is 2. The number of nitrogens with zero attached hydrogens (tertiary/aromatic N) is 1. The van der Waals surface area contributed by atoms with Crippen molar-refractivity contribution in [1.82, 2.24) is 10.2 Å². The molecule has 2 fully saturated rings. The Balaban J connectivity index is 1.51. The zero-order chi connectivity index (χ0) is 17.8. The molecule has 2 aliphatic heterocycles. The lowest BCUT2D eigenvalue weighted by atomic mass is 9.98. The van der Waals surface area contributed by atoms with Gasteiger partial charge >= 0.3 is 0 Å². The van der Waals surface area contributed by atoms with Gasteiger partial charge in [-0.3, -0.25) is 4.79 Å². The number of amides is 1. The molecule has 2 heterocycles. The number of aliphatic hydroxyl groups excluding tert-OH is 1. The molecule has 0 aliphatic carbocycles. The van der Waals surface area contributed by atoms with Crippen LogP contribution in [0.4, 0.5) is 0 Å². The van der Waals surface area contributed by atoms with E-state index in [1.54, 1.807) is 31.4 Å². The minimum absolute atomic E-state index is 0.206. The van der Waals surface area contributed by atoms with E-state index in [0.717, 1.165) is 25.6 Å². The van der Waals surface area contributed by atoms with Crippen LogP contribution in [0.15, 0.2) is 24.3 Å². The molecule has 0 spiro atoms. The van der Waals surface area contributed by atoms with Crippen molar-refractivity contribution >= 4 is 5.91 Å². The highest BCUT2D eigenvalue weighted by atomic mass is 16.5. The molecule has 1 aromatic carbocycles. The molecule has 138 valence electrons. The fourth-order valence-corrected chi connectivity index (χ4v) is 3.46. The molecule has 3 rings (SSSR count). The van der Waals surface area contributed by atoms with Gasteiger partial charge in [0, 0.05) is 12.1 Å². The number of hydrogen-bond acceptors (Lipinski definition) is 5. The van der Waals surface area contributed by atoms with Crippen molar-refractivity contribution in [2.45, 2.75) is 38.0 Å². The molecule has 6 nitrogen and oxygen atoms in total. The van der Waals surface area contributed by atoms with Gasteiger partial charge in [-0.1, -0.05) is 6.92 Å². The Morgan fingerprint density at radius 2 is 2.00 bits per heavy atom. The summed E-state index contributed by atoms with van der Waals surface area (Å²) in [5.74, 6) is 1.28. The number of likely N-dealkylation sites (tertiary alicyclic amines) is 1. The van der Waals surface area contributed by atoms with E-state index in [1.165, 1.54) is 12.8 Å². The van der Waals surface area contributed by atoms with Gasteiger partial charge in [-0.2, -0.15) is 0 Å². The number of aliphatic hydroxyl groups is 1. The van der Waals surface area contributed by atoms with Crippen molar-refractivity contribution in [1.29, 1.82) is 0 Å². The van der Waals surface area contributed by atoms with Crippen LogP contribution in [0.1, 0.15) is 30.1 Å². The standard InChI is InChI=1S/C19H28N2O4/c1-13-7-9-21(10-8-13)11-17-18(22)16(12-25-17)20-19(23)14-3-5-15(24-2)6-4-14/h3-6,13,16-18,22H,7-12H2,1-2H3,(H,20,23)/t16-,17-,18+/m0/s1. The van der Waals surface area contributed by atoms with E-state index >= 15 is 0 Å². The number of rotatable bonds is 5. The van der Waals surface area contributed by atoms with E-state index < -0.39 is 6.10 Å². The summed E-state index contributed by atoms with van der Waals surface area (Å²) in [7, 11) is 1.59. The molecule has 1 aromatic rings. The second-order valence-corrected chi connectivity index (χ2v) is 7.15. The Kier molecular flexibility index (Phi) is 5.93. The molecule has 2 N–H and O–H groups in total. The highest BCUT2D eigenvalue weighted by Gasteiger charge is 2.38. The average Bonchev–Trinajstić information content (AvgIpc) is 2.97. The van der Waals surface area contributed by atoms with Crippen LogP contribution in [-0.2, 0) is 4.74 Å². The fraction of sp³-hybridized carbons (Fsp3) is 0.632. The first-order valence-electron chi connectivity index (χ1n) is 9.03. The predicted molar refractivity (Wildman–Crippen MR) is 94.8 cm³/mol. The largest absolute Gasteiger partial charge is 0.497 e. The number of benzene rings is 1. The van der Waals surface area contributed by atoms with Gasteiger partial charge in [0.2, 0.25) is 0 Å². The number of methoxy groups -OCH3 is 1. The number of carbonyl (C=O) groups is 1. The lowest BCUT2D eigenvalue weighted by molar-refractivity contribution is 0.00864. The van der Waals surface area contributed by atoms with E-state index in [4.69, 9.17) is 9.47 Å². The maximum absolute atomic E-state index is 12.3. The van der Waals surface area contributed by atoms with Crippen LogP contribution in [-0.4, -0.2) is 67.5 Å². The molecular formula is C19H28N2O4.